The van der Waals surface area contributed by atoms with Crippen molar-refractivity contribution in [1.82, 2.24) is 13.8 Å². The third-order valence-corrected chi connectivity index (χ3v) is 7.80. The third-order valence-electron chi connectivity index (χ3n) is 5.76. The molecule has 4 rings (SSSR count). The molecule has 0 spiro atoms. The molecule has 0 radical (unpaired) electrons. The van der Waals surface area contributed by atoms with Crippen LogP contribution in [-0.2, 0) is 16.6 Å². The van der Waals surface area contributed by atoms with Gasteiger partial charge in [0.1, 0.15) is 0 Å². The highest BCUT2D eigenvalue weighted by Crippen LogP contribution is 2.28. The minimum atomic E-state index is -3.71. The molecule has 1 aromatic heterocycles. The summed E-state index contributed by atoms with van der Waals surface area (Å²) in [7, 11) is -3.71. The largest absolute Gasteiger partial charge is 0.301 e. The molecule has 0 amide bonds. The van der Waals surface area contributed by atoms with Crippen molar-refractivity contribution in [2.75, 3.05) is 32.7 Å². The second-order valence-electron chi connectivity index (χ2n) is 7.59. The number of para-hydroxylation sites is 1. The lowest BCUT2D eigenvalue weighted by Crippen LogP contribution is -2.45. The Morgan fingerprint density at radius 1 is 0.968 bits per heavy atom. The van der Waals surface area contributed by atoms with Gasteiger partial charge in [0.2, 0.25) is 0 Å². The monoisotopic (exact) mass is 503 g/mol. The molecule has 2 aromatic carbocycles. The van der Waals surface area contributed by atoms with E-state index in [1.165, 1.54) is 3.97 Å². The number of hydrogen-bond acceptors (Lipinski definition) is 4. The minimum Gasteiger partial charge on any atom is -0.301 e. The molecule has 0 N–H and O–H groups in total. The number of halogens is 3. The first-order chi connectivity index (χ1) is 13.9. The first-order valence-corrected chi connectivity index (χ1v) is 11.8. The second-order valence-corrected chi connectivity index (χ2v) is 9.82. The van der Waals surface area contributed by atoms with E-state index in [1.54, 1.807) is 24.4 Å². The van der Waals surface area contributed by atoms with Crippen molar-refractivity contribution in [3.05, 3.63) is 64.8 Å². The number of piperazine rings is 1. The highest BCUT2D eigenvalue weighted by molar-refractivity contribution is 7.90. The van der Waals surface area contributed by atoms with Crippen molar-refractivity contribution in [3.8, 4) is 0 Å². The standard InChI is InChI=1S/C22H26ClN3O2S.2ClH/c1-3-24-10-12-25(13-11-24)16-18-14-19(8-9-21(18)23)29(27,28)26-15-17(2)20-6-4-5-7-22(20)26;;/h4-9,14-15H,3,10-13,16H2,1-2H3;2*1H. The summed E-state index contributed by atoms with van der Waals surface area (Å²) < 4.78 is 28.2. The SMILES string of the molecule is CCN1CCN(Cc2cc(S(=O)(=O)n3cc(C)c4ccccc43)ccc2Cl)CC1.Cl.Cl. The minimum absolute atomic E-state index is 0. The van der Waals surface area contributed by atoms with Gasteiger partial charge in [0.25, 0.3) is 10.0 Å². The van der Waals surface area contributed by atoms with E-state index in [4.69, 9.17) is 11.6 Å². The van der Waals surface area contributed by atoms with Crippen molar-refractivity contribution >= 4 is 57.3 Å². The molecule has 9 heteroatoms. The Morgan fingerprint density at radius 3 is 2.29 bits per heavy atom. The van der Waals surface area contributed by atoms with Crippen LogP contribution < -0.4 is 0 Å². The smallest absolute Gasteiger partial charge is 0.268 e. The van der Waals surface area contributed by atoms with E-state index >= 15 is 0 Å². The summed E-state index contributed by atoms with van der Waals surface area (Å²) in [6.07, 6.45) is 1.69. The third kappa shape index (κ3) is 5.21. The molecule has 0 aliphatic carbocycles. The molecule has 0 bridgehead atoms. The average molecular weight is 505 g/mol. The van der Waals surface area contributed by atoms with E-state index in [0.717, 1.165) is 49.2 Å². The molecule has 0 atom stereocenters. The lowest BCUT2D eigenvalue weighted by Gasteiger charge is -2.34. The van der Waals surface area contributed by atoms with Gasteiger partial charge in [-0.15, -0.1) is 24.8 Å². The second kappa shape index (κ2) is 10.6. The van der Waals surface area contributed by atoms with Crippen molar-refractivity contribution in [3.63, 3.8) is 0 Å². The molecule has 1 aliphatic rings. The Kier molecular flexibility index (Phi) is 8.85. The number of hydrogen-bond donors (Lipinski definition) is 0. The fraction of sp³-hybridized carbons (Fsp3) is 0.364. The number of aromatic nitrogens is 1. The molecule has 5 nitrogen and oxygen atoms in total. The lowest BCUT2D eigenvalue weighted by atomic mass is 10.2. The lowest BCUT2D eigenvalue weighted by molar-refractivity contribution is 0.132. The van der Waals surface area contributed by atoms with Crippen LogP contribution in [0.15, 0.2) is 53.6 Å². The number of likely N-dealkylation sites (N-methyl/N-ethyl adjacent to an activating group) is 1. The van der Waals surface area contributed by atoms with Crippen molar-refractivity contribution in [2.45, 2.75) is 25.3 Å². The van der Waals surface area contributed by atoms with E-state index < -0.39 is 10.0 Å². The first kappa shape index (κ1) is 26.0. The van der Waals surface area contributed by atoms with E-state index in [1.807, 2.05) is 31.2 Å². The number of nitrogens with zero attached hydrogens (tertiary/aromatic N) is 3. The fourth-order valence-electron chi connectivity index (χ4n) is 3.96. The number of aryl methyl sites for hydroxylation is 1. The van der Waals surface area contributed by atoms with Gasteiger partial charge in [-0.1, -0.05) is 36.7 Å². The topological polar surface area (TPSA) is 45.6 Å². The fourth-order valence-corrected chi connectivity index (χ4v) is 5.61. The highest BCUT2D eigenvalue weighted by atomic mass is 35.5. The maximum Gasteiger partial charge on any atom is 0.268 e. The molecule has 0 unspecified atom stereocenters. The molecule has 1 aliphatic heterocycles. The van der Waals surface area contributed by atoms with Crippen LogP contribution in [0.5, 0.6) is 0 Å². The summed E-state index contributed by atoms with van der Waals surface area (Å²) in [4.78, 5) is 5.02. The van der Waals surface area contributed by atoms with Gasteiger partial charge in [0.15, 0.2) is 0 Å². The summed E-state index contributed by atoms with van der Waals surface area (Å²) in [5.74, 6) is 0. The van der Waals surface area contributed by atoms with Gasteiger partial charge >= 0.3 is 0 Å². The van der Waals surface area contributed by atoms with Crippen LogP contribution in [0.1, 0.15) is 18.1 Å². The molecule has 1 saturated heterocycles. The highest BCUT2D eigenvalue weighted by Gasteiger charge is 2.22. The van der Waals surface area contributed by atoms with E-state index in [0.29, 0.717) is 17.1 Å². The van der Waals surface area contributed by atoms with Crippen molar-refractivity contribution < 1.29 is 8.42 Å². The number of benzene rings is 2. The molecule has 31 heavy (non-hydrogen) atoms. The zero-order valence-corrected chi connectivity index (χ0v) is 20.8. The Balaban J connectivity index is 0.00000171. The van der Waals surface area contributed by atoms with Crippen LogP contribution in [0.3, 0.4) is 0 Å². The van der Waals surface area contributed by atoms with Gasteiger partial charge in [0, 0.05) is 49.3 Å². The predicted molar refractivity (Wildman–Crippen MR) is 133 cm³/mol. The molecular weight excluding hydrogens is 477 g/mol. The van der Waals surface area contributed by atoms with Crippen molar-refractivity contribution in [2.24, 2.45) is 0 Å². The average Bonchev–Trinajstić information content (AvgIpc) is 3.08. The van der Waals surface area contributed by atoms with Crippen LogP contribution >= 0.6 is 36.4 Å². The van der Waals surface area contributed by atoms with Gasteiger partial charge in [-0.3, -0.25) is 4.90 Å². The molecule has 2 heterocycles. The summed E-state index contributed by atoms with van der Waals surface area (Å²) in [6, 6.07) is 12.6. The Bertz CT molecular complexity index is 1140. The Morgan fingerprint density at radius 2 is 1.61 bits per heavy atom. The van der Waals surface area contributed by atoms with Gasteiger partial charge in [0.05, 0.1) is 10.4 Å². The zero-order chi connectivity index (χ0) is 20.6. The van der Waals surface area contributed by atoms with Crippen LogP contribution in [0.2, 0.25) is 5.02 Å². The normalized spacial score (nSPS) is 15.5. The summed E-state index contributed by atoms with van der Waals surface area (Å²) in [6.45, 7) is 9.80. The van der Waals surface area contributed by atoms with Crippen LogP contribution in [0.25, 0.3) is 10.9 Å². The van der Waals surface area contributed by atoms with E-state index in [9.17, 15) is 8.42 Å². The van der Waals surface area contributed by atoms with Crippen LogP contribution in [-0.4, -0.2) is 54.9 Å². The number of rotatable bonds is 5. The molecule has 1 fully saturated rings. The van der Waals surface area contributed by atoms with Gasteiger partial charge < -0.3 is 4.90 Å². The van der Waals surface area contributed by atoms with E-state index in [2.05, 4.69) is 16.7 Å². The summed E-state index contributed by atoms with van der Waals surface area (Å²) in [5.41, 5.74) is 2.48. The molecule has 0 saturated carbocycles. The summed E-state index contributed by atoms with van der Waals surface area (Å²) >= 11 is 6.43. The maximum absolute atomic E-state index is 13.4. The van der Waals surface area contributed by atoms with Crippen molar-refractivity contribution in [1.29, 1.82) is 0 Å². The number of fused-ring (bicyclic) bond motifs is 1. The summed E-state index contributed by atoms with van der Waals surface area (Å²) in [5, 5.41) is 1.55. The predicted octanol–water partition coefficient (Wildman–Crippen LogP) is 4.82. The van der Waals surface area contributed by atoms with Crippen LogP contribution in [0.4, 0.5) is 0 Å². The first-order valence-electron chi connectivity index (χ1n) is 9.95. The Labute approximate surface area is 201 Å². The molecule has 3 aromatic rings. The van der Waals surface area contributed by atoms with Gasteiger partial charge in [-0.25, -0.2) is 12.4 Å². The van der Waals surface area contributed by atoms with Crippen LogP contribution in [0, 0.1) is 6.92 Å². The maximum atomic E-state index is 13.4. The zero-order valence-electron chi connectivity index (χ0n) is 17.6. The molecule has 170 valence electrons. The van der Waals surface area contributed by atoms with E-state index in [-0.39, 0.29) is 29.7 Å². The quantitative estimate of drug-likeness (QED) is 0.500. The Hall–Kier alpha value is -1.28. The van der Waals surface area contributed by atoms with Gasteiger partial charge in [-0.05, 0) is 48.9 Å². The molecular formula is C22H28Cl3N3O2S. The van der Waals surface area contributed by atoms with Gasteiger partial charge in [-0.2, -0.15) is 0 Å².